The van der Waals surface area contributed by atoms with Crippen molar-refractivity contribution in [3.63, 3.8) is 0 Å². The van der Waals surface area contributed by atoms with E-state index < -0.39 is 36.3 Å². The molecule has 0 aromatic heterocycles. The summed E-state index contributed by atoms with van der Waals surface area (Å²) in [6.07, 6.45) is 3.49. The first kappa shape index (κ1) is 23.3. The predicted molar refractivity (Wildman–Crippen MR) is 98.9 cm³/mol. The van der Waals surface area contributed by atoms with Gasteiger partial charge in [-0.3, -0.25) is 19.2 Å². The quantitative estimate of drug-likeness (QED) is 0.217. The van der Waals surface area contributed by atoms with Crippen LogP contribution in [0.3, 0.4) is 0 Å². The second-order valence-corrected chi connectivity index (χ2v) is 6.71. The van der Waals surface area contributed by atoms with Crippen LogP contribution in [0.1, 0.15) is 57.8 Å². The van der Waals surface area contributed by atoms with E-state index in [9.17, 15) is 24.0 Å². The van der Waals surface area contributed by atoms with Gasteiger partial charge in [-0.05, 0) is 19.3 Å². The zero-order valence-corrected chi connectivity index (χ0v) is 16.7. The van der Waals surface area contributed by atoms with Gasteiger partial charge in [0, 0.05) is 25.7 Å². The average Bonchev–Trinajstić information content (AvgIpc) is 3.00. The Morgan fingerprint density at radius 1 is 0.900 bits per heavy atom. The third-order valence-electron chi connectivity index (χ3n) is 4.29. The maximum atomic E-state index is 11.9. The third-order valence-corrected chi connectivity index (χ3v) is 4.29. The molecule has 1 atom stereocenters. The van der Waals surface area contributed by atoms with Gasteiger partial charge in [0.1, 0.15) is 19.3 Å². The highest BCUT2D eigenvalue weighted by Gasteiger charge is 2.32. The van der Waals surface area contributed by atoms with Gasteiger partial charge in [0.15, 0.2) is 0 Å². The number of nitrogens with zero attached hydrogens (tertiary/aromatic N) is 1. The van der Waals surface area contributed by atoms with Gasteiger partial charge >= 0.3 is 17.9 Å². The van der Waals surface area contributed by atoms with Gasteiger partial charge in [-0.2, -0.15) is 0 Å². The lowest BCUT2D eigenvalue weighted by Gasteiger charge is -2.17. The molecule has 0 spiro atoms. The SMILES string of the molecule is O=C(CCC(=O)OC1CCC#CCCC1)OCCOCC(=O)ON1C(=O)CCC1=O. The van der Waals surface area contributed by atoms with Gasteiger partial charge in [0.05, 0.1) is 19.4 Å². The lowest BCUT2D eigenvalue weighted by Crippen LogP contribution is -2.33. The number of rotatable bonds is 10. The molecule has 1 saturated heterocycles. The molecule has 2 amide bonds. The van der Waals surface area contributed by atoms with Crippen LogP contribution in [0.25, 0.3) is 0 Å². The number of hydroxylamine groups is 2. The number of hydrogen-bond acceptors (Lipinski definition) is 9. The maximum Gasteiger partial charge on any atom is 0.358 e. The van der Waals surface area contributed by atoms with E-state index in [4.69, 9.17) is 14.2 Å². The van der Waals surface area contributed by atoms with Crippen molar-refractivity contribution in [1.29, 1.82) is 0 Å². The smallest absolute Gasteiger partial charge is 0.358 e. The third kappa shape index (κ3) is 8.61. The Hall–Kier alpha value is -2.93. The van der Waals surface area contributed by atoms with Crippen LogP contribution < -0.4 is 0 Å². The highest BCUT2D eigenvalue weighted by molar-refractivity contribution is 6.01. The Balaban J connectivity index is 1.50. The second kappa shape index (κ2) is 12.6. The summed E-state index contributed by atoms with van der Waals surface area (Å²) in [4.78, 5) is 62.3. The van der Waals surface area contributed by atoms with Crippen molar-refractivity contribution in [3.8, 4) is 11.8 Å². The van der Waals surface area contributed by atoms with E-state index in [2.05, 4.69) is 16.7 Å². The van der Waals surface area contributed by atoms with E-state index in [0.29, 0.717) is 17.9 Å². The molecule has 1 unspecified atom stereocenters. The van der Waals surface area contributed by atoms with E-state index in [-0.39, 0.29) is 45.0 Å². The van der Waals surface area contributed by atoms with Gasteiger partial charge in [-0.1, -0.05) is 0 Å². The first-order chi connectivity index (χ1) is 14.5. The van der Waals surface area contributed by atoms with Crippen LogP contribution in [0, 0.1) is 11.8 Å². The molecule has 164 valence electrons. The minimum absolute atomic E-state index is 0.00576. The van der Waals surface area contributed by atoms with Crippen LogP contribution in [0.15, 0.2) is 0 Å². The molecule has 1 aliphatic heterocycles. The van der Waals surface area contributed by atoms with Crippen LogP contribution in [-0.2, 0) is 43.0 Å². The topological polar surface area (TPSA) is 126 Å². The summed E-state index contributed by atoms with van der Waals surface area (Å²) in [5.41, 5.74) is 0. The first-order valence-electron chi connectivity index (χ1n) is 9.91. The zero-order valence-electron chi connectivity index (χ0n) is 16.7. The summed E-state index contributed by atoms with van der Waals surface area (Å²) in [6, 6.07) is 0. The van der Waals surface area contributed by atoms with Gasteiger partial charge < -0.3 is 19.0 Å². The Bertz CT molecular complexity index is 706. The van der Waals surface area contributed by atoms with Gasteiger partial charge in [0.2, 0.25) is 0 Å². The molecule has 0 radical (unpaired) electrons. The number of ether oxygens (including phenoxy) is 3. The molecule has 1 aliphatic carbocycles. The number of imide groups is 1. The normalized spacial score (nSPS) is 18.7. The molecular formula is C20H25NO9. The summed E-state index contributed by atoms with van der Waals surface area (Å²) in [7, 11) is 0. The van der Waals surface area contributed by atoms with Crippen molar-refractivity contribution in [3.05, 3.63) is 0 Å². The summed E-state index contributed by atoms with van der Waals surface area (Å²) in [5, 5.41) is 0.425. The van der Waals surface area contributed by atoms with Crippen molar-refractivity contribution < 1.29 is 43.0 Å². The van der Waals surface area contributed by atoms with Crippen LogP contribution in [0.2, 0.25) is 0 Å². The van der Waals surface area contributed by atoms with Crippen LogP contribution in [0.4, 0.5) is 0 Å². The van der Waals surface area contributed by atoms with Crippen LogP contribution >= 0.6 is 0 Å². The molecule has 0 N–H and O–H groups in total. The molecule has 0 saturated carbocycles. The van der Waals surface area contributed by atoms with E-state index >= 15 is 0 Å². The fraction of sp³-hybridized carbons (Fsp3) is 0.650. The summed E-state index contributed by atoms with van der Waals surface area (Å²) >= 11 is 0. The standard InChI is InChI=1S/C20H25NO9/c22-16-8-9-17(23)21(16)30-20(26)14-27-12-13-28-18(24)10-11-19(25)29-15-6-4-2-1-3-5-7-15/h15H,2,4-14H2. The highest BCUT2D eigenvalue weighted by atomic mass is 16.7. The minimum Gasteiger partial charge on any atom is -0.463 e. The molecule has 2 aliphatic rings. The largest absolute Gasteiger partial charge is 0.463 e. The van der Waals surface area contributed by atoms with Crippen molar-refractivity contribution in [2.45, 2.75) is 63.9 Å². The molecule has 10 heteroatoms. The Kier molecular flexibility index (Phi) is 9.80. The van der Waals surface area contributed by atoms with E-state index in [1.807, 2.05) is 0 Å². The molecule has 1 fully saturated rings. The lowest BCUT2D eigenvalue weighted by molar-refractivity contribution is -0.200. The molecular weight excluding hydrogens is 398 g/mol. The second-order valence-electron chi connectivity index (χ2n) is 6.71. The average molecular weight is 423 g/mol. The fourth-order valence-electron chi connectivity index (χ4n) is 2.77. The molecule has 0 bridgehead atoms. The Morgan fingerprint density at radius 2 is 1.60 bits per heavy atom. The monoisotopic (exact) mass is 423 g/mol. The number of amides is 2. The summed E-state index contributed by atoms with van der Waals surface area (Å²) in [6.45, 7) is -0.715. The number of carbonyl (C=O) groups excluding carboxylic acids is 5. The van der Waals surface area contributed by atoms with Crippen LogP contribution in [0.5, 0.6) is 0 Å². The van der Waals surface area contributed by atoms with Crippen molar-refractivity contribution >= 4 is 29.7 Å². The van der Waals surface area contributed by atoms with Crippen molar-refractivity contribution in [2.75, 3.05) is 19.8 Å². The number of hydrogen-bond donors (Lipinski definition) is 0. The Morgan fingerprint density at radius 3 is 2.37 bits per heavy atom. The molecule has 10 nitrogen and oxygen atoms in total. The van der Waals surface area contributed by atoms with Gasteiger partial charge in [-0.25, -0.2) is 4.79 Å². The van der Waals surface area contributed by atoms with Gasteiger partial charge in [-0.15, -0.1) is 16.9 Å². The first-order valence-corrected chi connectivity index (χ1v) is 9.91. The lowest BCUT2D eigenvalue weighted by atomic mass is 10.0. The van der Waals surface area contributed by atoms with Crippen LogP contribution in [-0.4, -0.2) is 60.7 Å². The molecule has 0 aromatic rings. The van der Waals surface area contributed by atoms with E-state index in [1.54, 1.807) is 0 Å². The molecule has 2 rings (SSSR count). The fourth-order valence-corrected chi connectivity index (χ4v) is 2.77. The van der Waals surface area contributed by atoms with Crippen molar-refractivity contribution in [2.24, 2.45) is 0 Å². The molecule has 30 heavy (non-hydrogen) atoms. The highest BCUT2D eigenvalue weighted by Crippen LogP contribution is 2.14. The number of esters is 2. The summed E-state index contributed by atoms with van der Waals surface area (Å²) in [5.74, 6) is 2.95. The van der Waals surface area contributed by atoms with Gasteiger partial charge in [0.25, 0.3) is 11.8 Å². The maximum absolute atomic E-state index is 11.9. The van der Waals surface area contributed by atoms with E-state index in [1.165, 1.54) is 0 Å². The van der Waals surface area contributed by atoms with Crippen molar-refractivity contribution in [1.82, 2.24) is 5.06 Å². The minimum atomic E-state index is -0.909. The van der Waals surface area contributed by atoms with E-state index in [0.717, 1.165) is 19.3 Å². The number of carbonyl (C=O) groups is 5. The summed E-state index contributed by atoms with van der Waals surface area (Å²) < 4.78 is 15.3. The zero-order chi connectivity index (χ0) is 21.8. The molecule has 0 aromatic carbocycles. The molecule has 1 heterocycles. The predicted octanol–water partition coefficient (Wildman–Crippen LogP) is 0.813. The Labute approximate surface area is 174 Å².